The van der Waals surface area contributed by atoms with Crippen LogP contribution in [0.15, 0.2) is 77.8 Å². The summed E-state index contributed by atoms with van der Waals surface area (Å²) in [6, 6.07) is 19.5. The van der Waals surface area contributed by atoms with Crippen molar-refractivity contribution in [2.45, 2.75) is 13.5 Å². The van der Waals surface area contributed by atoms with E-state index in [0.29, 0.717) is 15.8 Å². The van der Waals surface area contributed by atoms with Gasteiger partial charge in [-0.05, 0) is 31.2 Å². The molecule has 0 spiro atoms. The molecule has 3 aromatic carbocycles. The van der Waals surface area contributed by atoms with E-state index in [1.54, 1.807) is 55.5 Å². The Morgan fingerprint density at radius 3 is 2.27 bits per heavy atom. The molecule has 1 heterocycles. The maximum absolute atomic E-state index is 14.5. The van der Waals surface area contributed by atoms with Crippen LogP contribution in [-0.4, -0.2) is 28.8 Å². The Morgan fingerprint density at radius 1 is 0.909 bits per heavy atom. The lowest BCUT2D eigenvalue weighted by Gasteiger charge is -2.05. The second-order valence-corrected chi connectivity index (χ2v) is 8.06. The Morgan fingerprint density at radius 2 is 1.58 bits per heavy atom. The summed E-state index contributed by atoms with van der Waals surface area (Å²) in [7, 11) is 0. The molecule has 0 radical (unpaired) electrons. The molecule has 0 aliphatic carbocycles. The molecule has 0 atom stereocenters. The first-order valence-corrected chi connectivity index (χ1v) is 11.0. The van der Waals surface area contributed by atoms with Crippen molar-refractivity contribution in [3.63, 3.8) is 0 Å². The van der Waals surface area contributed by atoms with E-state index in [-0.39, 0.29) is 34.8 Å². The quantitative estimate of drug-likeness (QED) is 0.315. The number of hydrogen-bond acceptors (Lipinski definition) is 5. The molecule has 0 unspecified atom stereocenters. The number of carbonyl (C=O) groups is 3. The van der Waals surface area contributed by atoms with E-state index < -0.39 is 17.7 Å². The second-order valence-electron chi connectivity index (χ2n) is 7.05. The number of aromatic nitrogens is 1. The molecule has 0 N–H and O–H groups in total. The van der Waals surface area contributed by atoms with Gasteiger partial charge in [0.1, 0.15) is 12.4 Å². The molecule has 1 amide bonds. The molecule has 1 aromatic heterocycles. The van der Waals surface area contributed by atoms with Crippen molar-refractivity contribution in [1.29, 1.82) is 0 Å². The number of carbonyl (C=O) groups excluding carboxylic acids is 3. The van der Waals surface area contributed by atoms with Crippen molar-refractivity contribution in [3.05, 3.63) is 100 Å². The van der Waals surface area contributed by atoms with Crippen LogP contribution in [0.25, 0.3) is 10.2 Å². The molecule has 166 valence electrons. The number of amides is 1. The molecule has 8 heteroatoms. The minimum Gasteiger partial charge on any atom is -0.465 e. The molecule has 4 rings (SSSR count). The second kappa shape index (κ2) is 9.70. The minimum atomic E-state index is -0.571. The van der Waals surface area contributed by atoms with Gasteiger partial charge in [0, 0.05) is 16.7 Å². The molecular formula is C25H19FN2O4S. The molecule has 0 fully saturated rings. The fourth-order valence-electron chi connectivity index (χ4n) is 3.33. The van der Waals surface area contributed by atoms with Crippen molar-refractivity contribution in [2.24, 2.45) is 4.99 Å². The lowest BCUT2D eigenvalue weighted by Crippen LogP contribution is -2.23. The summed E-state index contributed by atoms with van der Waals surface area (Å²) in [6.07, 6.45) is 0. The zero-order valence-electron chi connectivity index (χ0n) is 17.7. The van der Waals surface area contributed by atoms with Gasteiger partial charge in [-0.3, -0.25) is 14.4 Å². The number of esters is 1. The third-order valence-corrected chi connectivity index (χ3v) is 5.92. The summed E-state index contributed by atoms with van der Waals surface area (Å²) < 4.78 is 21.4. The largest absolute Gasteiger partial charge is 0.465 e. The van der Waals surface area contributed by atoms with Crippen molar-refractivity contribution >= 4 is 39.2 Å². The number of hydrogen-bond donors (Lipinski definition) is 0. The molecule has 0 saturated heterocycles. The zero-order valence-corrected chi connectivity index (χ0v) is 18.5. The first-order chi connectivity index (χ1) is 16.0. The summed E-state index contributed by atoms with van der Waals surface area (Å²) in [6.45, 7) is 1.59. The van der Waals surface area contributed by atoms with Crippen molar-refractivity contribution in [1.82, 2.24) is 4.57 Å². The van der Waals surface area contributed by atoms with Crippen LogP contribution >= 0.6 is 11.3 Å². The maximum atomic E-state index is 14.5. The number of ketones is 1. The Hall–Kier alpha value is -3.91. The predicted molar refractivity (Wildman–Crippen MR) is 123 cm³/mol. The Balaban J connectivity index is 1.68. The maximum Gasteiger partial charge on any atom is 0.326 e. The van der Waals surface area contributed by atoms with Gasteiger partial charge >= 0.3 is 5.97 Å². The van der Waals surface area contributed by atoms with Crippen LogP contribution in [0.4, 0.5) is 4.39 Å². The van der Waals surface area contributed by atoms with Gasteiger partial charge < -0.3 is 9.30 Å². The molecule has 0 saturated carbocycles. The van der Waals surface area contributed by atoms with E-state index in [1.165, 1.54) is 22.8 Å². The van der Waals surface area contributed by atoms with E-state index in [2.05, 4.69) is 4.99 Å². The topological polar surface area (TPSA) is 77.7 Å². The Labute approximate surface area is 192 Å². The summed E-state index contributed by atoms with van der Waals surface area (Å²) in [5, 5.41) is 0. The highest BCUT2D eigenvalue weighted by Crippen LogP contribution is 2.21. The highest BCUT2D eigenvalue weighted by atomic mass is 32.1. The number of benzene rings is 3. The van der Waals surface area contributed by atoms with E-state index in [4.69, 9.17) is 4.74 Å². The number of ether oxygens (including phenoxy) is 1. The monoisotopic (exact) mass is 462 g/mol. The normalized spacial score (nSPS) is 11.5. The standard InChI is InChI=1S/C25H19FN2O4S/c1-2-32-21(29)15-28-22-19(26)9-6-10-20(22)33-25(28)27-24(31)18-13-11-17(12-14-18)23(30)16-7-4-3-5-8-16/h3-14H,2,15H2,1H3. The van der Waals surface area contributed by atoms with Gasteiger partial charge in [0.25, 0.3) is 5.91 Å². The summed E-state index contributed by atoms with van der Waals surface area (Å²) in [5.41, 5.74) is 1.44. The first kappa shape index (κ1) is 22.3. The lowest BCUT2D eigenvalue weighted by molar-refractivity contribution is -0.143. The smallest absolute Gasteiger partial charge is 0.326 e. The van der Waals surface area contributed by atoms with Crippen LogP contribution < -0.4 is 4.80 Å². The molecule has 0 aliphatic rings. The van der Waals surface area contributed by atoms with E-state index in [1.807, 2.05) is 6.07 Å². The van der Waals surface area contributed by atoms with Gasteiger partial charge in [-0.2, -0.15) is 4.99 Å². The molecule has 4 aromatic rings. The summed E-state index contributed by atoms with van der Waals surface area (Å²) in [4.78, 5) is 41.8. The van der Waals surface area contributed by atoms with Gasteiger partial charge in [-0.15, -0.1) is 0 Å². The van der Waals surface area contributed by atoms with Crippen LogP contribution in [-0.2, 0) is 16.1 Å². The third kappa shape index (κ3) is 4.80. The van der Waals surface area contributed by atoms with Gasteiger partial charge in [0.15, 0.2) is 10.6 Å². The lowest BCUT2D eigenvalue weighted by atomic mass is 10.0. The average molecular weight is 463 g/mol. The van der Waals surface area contributed by atoms with Crippen LogP contribution in [0.1, 0.15) is 33.2 Å². The van der Waals surface area contributed by atoms with E-state index in [9.17, 15) is 18.8 Å². The highest BCUT2D eigenvalue weighted by molar-refractivity contribution is 7.16. The van der Waals surface area contributed by atoms with Crippen molar-refractivity contribution in [3.8, 4) is 0 Å². The number of thiazole rings is 1. The molecule has 0 bridgehead atoms. The molecule has 0 aliphatic heterocycles. The SMILES string of the molecule is CCOC(=O)Cn1c(=NC(=O)c2ccc(C(=O)c3ccccc3)cc2)sc2cccc(F)c21. The van der Waals surface area contributed by atoms with Crippen LogP contribution in [0, 0.1) is 5.82 Å². The van der Waals surface area contributed by atoms with Crippen molar-refractivity contribution in [2.75, 3.05) is 6.61 Å². The summed E-state index contributed by atoms with van der Waals surface area (Å²) >= 11 is 1.10. The van der Waals surface area contributed by atoms with Crippen LogP contribution in [0.3, 0.4) is 0 Å². The van der Waals surface area contributed by atoms with E-state index >= 15 is 0 Å². The van der Waals surface area contributed by atoms with Gasteiger partial charge in [0.2, 0.25) is 0 Å². The van der Waals surface area contributed by atoms with E-state index in [0.717, 1.165) is 11.3 Å². The minimum absolute atomic E-state index is 0.154. The van der Waals surface area contributed by atoms with Gasteiger partial charge in [0.05, 0.1) is 16.8 Å². The predicted octanol–water partition coefficient (Wildman–Crippen LogP) is 4.38. The number of para-hydroxylation sites is 1. The number of fused-ring (bicyclic) bond motifs is 1. The van der Waals surface area contributed by atoms with Crippen molar-refractivity contribution < 1.29 is 23.5 Å². The van der Waals surface area contributed by atoms with Crippen LogP contribution in [0.2, 0.25) is 0 Å². The fourth-order valence-corrected chi connectivity index (χ4v) is 4.37. The highest BCUT2D eigenvalue weighted by Gasteiger charge is 2.16. The number of rotatable bonds is 6. The molecule has 33 heavy (non-hydrogen) atoms. The fraction of sp³-hybridized carbons (Fsp3) is 0.120. The van der Waals surface area contributed by atoms with Crippen LogP contribution in [0.5, 0.6) is 0 Å². The Kier molecular flexibility index (Phi) is 6.55. The molecular weight excluding hydrogens is 443 g/mol. The molecule has 6 nitrogen and oxygen atoms in total. The van der Waals surface area contributed by atoms with Gasteiger partial charge in [-0.1, -0.05) is 59.9 Å². The summed E-state index contributed by atoms with van der Waals surface area (Å²) in [5.74, 6) is -1.80. The average Bonchev–Trinajstić information content (AvgIpc) is 3.17. The van der Waals surface area contributed by atoms with Gasteiger partial charge in [-0.25, -0.2) is 4.39 Å². The Bertz CT molecular complexity index is 1410. The number of halogens is 1. The zero-order chi connectivity index (χ0) is 23.4. The number of nitrogens with zero attached hydrogens (tertiary/aromatic N) is 2. The third-order valence-electron chi connectivity index (χ3n) is 4.87. The first-order valence-electron chi connectivity index (χ1n) is 10.2.